The third kappa shape index (κ3) is 5.86. The SMILES string of the molecule is C#Cc1c(F)ccc2cc(OCOC)cc(-c3ncc4c(N5C[C@H]6CC[C@@H](C5C)N6C(=O)C(F)(F)F)nc(OCC56CCCN5CC(=C)C6)nc4c3F)c12. The van der Waals surface area contributed by atoms with Crippen LogP contribution in [0.3, 0.4) is 0 Å². The molecule has 4 atom stereocenters. The van der Waals surface area contributed by atoms with Gasteiger partial charge in [0.1, 0.15) is 35.2 Å². The Balaban J connectivity index is 1.28. The number of amides is 1. The highest BCUT2D eigenvalue weighted by Gasteiger charge is 2.54. The molecule has 15 heteroatoms. The minimum absolute atomic E-state index is 0.0142. The van der Waals surface area contributed by atoms with E-state index in [9.17, 15) is 18.0 Å². The number of anilines is 1. The molecule has 2 bridgehead atoms. The molecule has 0 N–H and O–H groups in total. The molecule has 2 unspecified atom stereocenters. The summed E-state index contributed by atoms with van der Waals surface area (Å²) < 4.78 is 90.5. The van der Waals surface area contributed by atoms with Gasteiger partial charge in [0.15, 0.2) is 12.6 Å². The number of terminal acetylenes is 1. The number of alkyl halides is 3. The molecule has 2 aromatic heterocycles. The van der Waals surface area contributed by atoms with Crippen LogP contribution in [-0.2, 0) is 9.53 Å². The summed E-state index contributed by atoms with van der Waals surface area (Å²) in [5.41, 5.74) is 0.453. The number of aromatic nitrogens is 3. The summed E-state index contributed by atoms with van der Waals surface area (Å²) in [6.45, 7) is 7.65. The Bertz CT molecular complexity index is 2240. The number of pyridine rings is 1. The second-order valence-electron chi connectivity index (χ2n) is 14.6. The van der Waals surface area contributed by atoms with E-state index in [-0.39, 0.29) is 76.2 Å². The Kier molecular flexibility index (Phi) is 8.88. The van der Waals surface area contributed by atoms with Gasteiger partial charge >= 0.3 is 18.1 Å². The fourth-order valence-electron chi connectivity index (χ4n) is 9.00. The van der Waals surface area contributed by atoms with E-state index in [1.807, 2.05) is 0 Å². The van der Waals surface area contributed by atoms with E-state index < -0.39 is 41.8 Å². The van der Waals surface area contributed by atoms with Gasteiger partial charge in [-0.2, -0.15) is 23.1 Å². The quantitative estimate of drug-likeness (QED) is 0.0880. The van der Waals surface area contributed by atoms with Gasteiger partial charge in [0, 0.05) is 43.4 Å². The number of rotatable bonds is 8. The number of benzene rings is 2. The maximum absolute atomic E-state index is 17.3. The van der Waals surface area contributed by atoms with Crippen molar-refractivity contribution in [1.82, 2.24) is 24.8 Å². The number of nitrogens with zero attached hydrogens (tertiary/aromatic N) is 6. The predicted octanol–water partition coefficient (Wildman–Crippen LogP) is 6.39. The van der Waals surface area contributed by atoms with Gasteiger partial charge in [-0.15, -0.1) is 6.42 Å². The van der Waals surface area contributed by atoms with Crippen LogP contribution in [0.5, 0.6) is 11.8 Å². The van der Waals surface area contributed by atoms with Gasteiger partial charge in [-0.1, -0.05) is 24.1 Å². The second-order valence-corrected chi connectivity index (χ2v) is 14.6. The summed E-state index contributed by atoms with van der Waals surface area (Å²) in [5, 5.41) is 0.881. The van der Waals surface area contributed by atoms with Crippen molar-refractivity contribution in [2.75, 3.05) is 45.0 Å². The van der Waals surface area contributed by atoms with Gasteiger partial charge in [0.25, 0.3) is 0 Å². The molecule has 0 saturated carbocycles. The van der Waals surface area contributed by atoms with Gasteiger partial charge < -0.3 is 24.0 Å². The van der Waals surface area contributed by atoms with Crippen molar-refractivity contribution >= 4 is 33.4 Å². The van der Waals surface area contributed by atoms with Crippen LogP contribution in [-0.4, -0.2) is 101 Å². The topological polar surface area (TPSA) is 93.2 Å². The number of carbonyl (C=O) groups excluding carboxylic acids is 1. The fourth-order valence-corrected chi connectivity index (χ4v) is 9.00. The van der Waals surface area contributed by atoms with E-state index in [1.54, 1.807) is 17.9 Å². The normalized spacial score (nSPS) is 24.0. The summed E-state index contributed by atoms with van der Waals surface area (Å²) in [7, 11) is 1.45. The lowest BCUT2D eigenvalue weighted by Crippen LogP contribution is -2.62. The smallest absolute Gasteiger partial charge is 0.468 e. The monoisotopic (exact) mass is 748 g/mol. The third-order valence-electron chi connectivity index (χ3n) is 11.4. The highest BCUT2D eigenvalue weighted by Crippen LogP contribution is 2.44. The van der Waals surface area contributed by atoms with Crippen molar-refractivity contribution in [2.45, 2.75) is 68.9 Å². The molecular weight excluding hydrogens is 711 g/mol. The maximum Gasteiger partial charge on any atom is 0.471 e. The van der Waals surface area contributed by atoms with Crippen molar-refractivity contribution in [3.63, 3.8) is 0 Å². The molecule has 4 aliphatic rings. The zero-order valence-electron chi connectivity index (χ0n) is 29.7. The summed E-state index contributed by atoms with van der Waals surface area (Å²) in [6, 6.07) is 3.57. The van der Waals surface area contributed by atoms with Crippen LogP contribution in [0.2, 0.25) is 0 Å². The molecule has 282 valence electrons. The Morgan fingerprint density at radius 2 is 1.98 bits per heavy atom. The first-order valence-electron chi connectivity index (χ1n) is 17.8. The predicted molar refractivity (Wildman–Crippen MR) is 190 cm³/mol. The first-order valence-corrected chi connectivity index (χ1v) is 17.8. The first kappa shape index (κ1) is 35.9. The molecule has 4 saturated heterocycles. The average molecular weight is 749 g/mol. The van der Waals surface area contributed by atoms with Crippen LogP contribution in [0.15, 0.2) is 42.6 Å². The Hall–Kier alpha value is -5.07. The minimum Gasteiger partial charge on any atom is -0.468 e. The molecule has 6 heterocycles. The number of halogens is 5. The molecule has 54 heavy (non-hydrogen) atoms. The lowest BCUT2D eigenvalue weighted by Gasteiger charge is -2.46. The van der Waals surface area contributed by atoms with Gasteiger partial charge in [-0.25, -0.2) is 8.78 Å². The standard InChI is InChI=1S/C39H37F5N6O4/c1-5-26-29(40)9-7-23-13-25(54-20-52-4)14-27(31(23)26)33-32(41)34-28(16-45-33)35(47-37(46-34)53-19-38-11-6-12-48(38)17-21(2)15-38)49-18-24-8-10-30(22(49)3)50(24)36(51)39(42,43)44/h1,7,9,13-14,16,22,24,30H,2,6,8,10-12,15,17-20H2,3-4H3/t22?,24-,30+,38?/m1/s1. The lowest BCUT2D eigenvalue weighted by atomic mass is 9.94. The first-order chi connectivity index (χ1) is 25.8. The zero-order chi connectivity index (χ0) is 38.1. The Morgan fingerprint density at radius 1 is 1.17 bits per heavy atom. The second kappa shape index (κ2) is 13.3. The van der Waals surface area contributed by atoms with Gasteiger partial charge in [-0.3, -0.25) is 14.7 Å². The molecule has 1 amide bonds. The molecule has 4 aromatic rings. The Morgan fingerprint density at radius 3 is 2.74 bits per heavy atom. The van der Waals surface area contributed by atoms with Crippen LogP contribution in [0.25, 0.3) is 32.9 Å². The van der Waals surface area contributed by atoms with Crippen LogP contribution >= 0.6 is 0 Å². The fraction of sp³-hybridized carbons (Fsp3) is 0.436. The van der Waals surface area contributed by atoms with Crippen molar-refractivity contribution in [3.05, 3.63) is 59.8 Å². The zero-order valence-corrected chi connectivity index (χ0v) is 29.7. The minimum atomic E-state index is -5.02. The summed E-state index contributed by atoms with van der Waals surface area (Å²) in [6.07, 6.45) is 5.42. The number of piperazine rings is 1. The highest BCUT2D eigenvalue weighted by atomic mass is 19.4. The molecule has 0 spiro atoms. The van der Waals surface area contributed by atoms with Crippen molar-refractivity contribution in [1.29, 1.82) is 0 Å². The summed E-state index contributed by atoms with van der Waals surface area (Å²) in [4.78, 5) is 31.5. The van der Waals surface area contributed by atoms with E-state index in [0.717, 1.165) is 42.8 Å². The number of ether oxygens (including phenoxy) is 3. The number of hydrogen-bond acceptors (Lipinski definition) is 9. The molecule has 8 rings (SSSR count). The van der Waals surface area contributed by atoms with Crippen molar-refractivity contribution < 1.29 is 41.0 Å². The largest absolute Gasteiger partial charge is 0.471 e. The number of methoxy groups -OCH3 is 1. The van der Waals surface area contributed by atoms with Crippen LogP contribution < -0.4 is 14.4 Å². The summed E-state index contributed by atoms with van der Waals surface area (Å²) >= 11 is 0. The lowest BCUT2D eigenvalue weighted by molar-refractivity contribution is -0.189. The number of carbonyl (C=O) groups is 1. The van der Waals surface area contributed by atoms with E-state index in [0.29, 0.717) is 18.2 Å². The highest BCUT2D eigenvalue weighted by molar-refractivity contribution is 6.03. The van der Waals surface area contributed by atoms with Crippen LogP contribution in [0.4, 0.5) is 27.8 Å². The number of hydrogen-bond donors (Lipinski definition) is 0. The van der Waals surface area contributed by atoms with Gasteiger partial charge in [0.05, 0.1) is 28.6 Å². The van der Waals surface area contributed by atoms with Gasteiger partial charge in [-0.05, 0) is 69.2 Å². The van der Waals surface area contributed by atoms with E-state index in [4.69, 9.17) is 25.6 Å². The molecule has 4 fully saturated rings. The van der Waals surface area contributed by atoms with E-state index in [1.165, 1.54) is 31.5 Å². The van der Waals surface area contributed by atoms with Gasteiger partial charge in [0.2, 0.25) is 0 Å². The van der Waals surface area contributed by atoms with Crippen molar-refractivity contribution in [2.24, 2.45) is 0 Å². The average Bonchev–Trinajstić information content (AvgIpc) is 3.79. The molecule has 2 aromatic carbocycles. The number of fused-ring (bicyclic) bond motifs is 5. The molecule has 0 radical (unpaired) electrons. The molecule has 0 aliphatic carbocycles. The van der Waals surface area contributed by atoms with Crippen LogP contribution in [0, 0.1) is 24.0 Å². The van der Waals surface area contributed by atoms with Crippen molar-refractivity contribution in [3.8, 4) is 35.4 Å². The van der Waals surface area contributed by atoms with E-state index >= 15 is 8.78 Å². The summed E-state index contributed by atoms with van der Waals surface area (Å²) in [5.74, 6) is -0.551. The molecular formula is C39H37F5N6O4. The molecule has 10 nitrogen and oxygen atoms in total. The van der Waals surface area contributed by atoms with E-state index in [2.05, 4.69) is 27.4 Å². The molecule has 4 aliphatic heterocycles. The Labute approximate surface area is 307 Å². The third-order valence-corrected chi connectivity index (χ3v) is 11.4. The van der Waals surface area contributed by atoms with Crippen LogP contribution in [0.1, 0.15) is 44.6 Å². The maximum atomic E-state index is 17.3.